The van der Waals surface area contributed by atoms with Crippen LogP contribution >= 0.6 is 0 Å². The summed E-state index contributed by atoms with van der Waals surface area (Å²) in [6, 6.07) is 3.36. The van der Waals surface area contributed by atoms with Crippen LogP contribution in [0.4, 0.5) is 0 Å². The molecule has 0 saturated carbocycles. The second-order valence-corrected chi connectivity index (χ2v) is 6.31. The van der Waals surface area contributed by atoms with Crippen LogP contribution in [0.1, 0.15) is 31.7 Å². The smallest absolute Gasteiger partial charge is 0.244 e. The van der Waals surface area contributed by atoms with Crippen molar-refractivity contribution in [3.05, 3.63) is 17.7 Å². The molecule has 0 fully saturated rings. The molecule has 0 unspecified atom stereocenters. The van der Waals surface area contributed by atoms with E-state index < -0.39 is 10.0 Å². The summed E-state index contributed by atoms with van der Waals surface area (Å²) >= 11 is 0. The van der Waals surface area contributed by atoms with Gasteiger partial charge in [-0.05, 0) is 31.5 Å². The van der Waals surface area contributed by atoms with Crippen molar-refractivity contribution in [3.8, 4) is 11.5 Å². The van der Waals surface area contributed by atoms with Crippen molar-refractivity contribution >= 4 is 10.0 Å². The maximum Gasteiger partial charge on any atom is 0.244 e. The molecule has 5 nitrogen and oxygen atoms in total. The maximum absolute atomic E-state index is 12.2. The number of nitrogens with one attached hydrogen (secondary N) is 1. The SMILES string of the molecule is CCCCCc1cc(OC)cc(OC)c1S(=O)(=O)NC. The third-order valence-electron chi connectivity index (χ3n) is 3.15. The fourth-order valence-corrected chi connectivity index (χ4v) is 3.18. The lowest BCUT2D eigenvalue weighted by molar-refractivity contribution is 0.384. The maximum atomic E-state index is 12.2. The Morgan fingerprint density at radius 2 is 1.85 bits per heavy atom. The zero-order valence-corrected chi connectivity index (χ0v) is 13.3. The lowest BCUT2D eigenvalue weighted by Crippen LogP contribution is -2.21. The number of benzene rings is 1. The van der Waals surface area contributed by atoms with Crippen molar-refractivity contribution in [2.45, 2.75) is 37.5 Å². The number of hydrogen-bond acceptors (Lipinski definition) is 4. The topological polar surface area (TPSA) is 64.6 Å². The van der Waals surface area contributed by atoms with Crippen molar-refractivity contribution in [1.82, 2.24) is 4.72 Å². The molecular weight excluding hydrogens is 278 g/mol. The minimum atomic E-state index is -3.56. The van der Waals surface area contributed by atoms with Crippen LogP contribution in [0.2, 0.25) is 0 Å². The summed E-state index contributed by atoms with van der Waals surface area (Å²) < 4.78 is 37.2. The van der Waals surface area contributed by atoms with Gasteiger partial charge in [0.15, 0.2) is 0 Å². The number of methoxy groups -OCH3 is 2. The first kappa shape index (κ1) is 16.8. The van der Waals surface area contributed by atoms with Crippen molar-refractivity contribution in [1.29, 1.82) is 0 Å². The molecule has 0 aromatic heterocycles. The first-order valence-electron chi connectivity index (χ1n) is 6.68. The van der Waals surface area contributed by atoms with Crippen molar-refractivity contribution in [2.24, 2.45) is 0 Å². The van der Waals surface area contributed by atoms with Crippen LogP contribution < -0.4 is 14.2 Å². The molecule has 1 aromatic carbocycles. The predicted molar refractivity (Wildman–Crippen MR) is 79.0 cm³/mol. The number of sulfonamides is 1. The van der Waals surface area contributed by atoms with Crippen LogP contribution in [-0.2, 0) is 16.4 Å². The van der Waals surface area contributed by atoms with Gasteiger partial charge in [0.25, 0.3) is 0 Å². The molecule has 0 amide bonds. The van der Waals surface area contributed by atoms with Crippen LogP contribution in [0, 0.1) is 0 Å². The monoisotopic (exact) mass is 301 g/mol. The van der Waals surface area contributed by atoms with Crippen LogP contribution in [0.25, 0.3) is 0 Å². The number of hydrogen-bond donors (Lipinski definition) is 1. The molecular formula is C14H23NO4S. The third kappa shape index (κ3) is 3.86. The molecule has 114 valence electrons. The van der Waals surface area contributed by atoms with Gasteiger partial charge in [-0.2, -0.15) is 0 Å². The Morgan fingerprint density at radius 3 is 2.35 bits per heavy atom. The third-order valence-corrected chi connectivity index (χ3v) is 4.69. The standard InChI is InChI=1S/C14H23NO4S/c1-5-6-7-8-11-9-12(18-3)10-13(19-4)14(11)20(16,17)15-2/h9-10,15H,5-8H2,1-4H3. The Balaban J connectivity index is 3.35. The van der Waals surface area contributed by atoms with Crippen LogP contribution in [-0.4, -0.2) is 29.7 Å². The fraction of sp³-hybridized carbons (Fsp3) is 0.571. The lowest BCUT2D eigenvalue weighted by atomic mass is 10.1. The molecule has 6 heteroatoms. The Labute approximate surface area is 121 Å². The van der Waals surface area contributed by atoms with Gasteiger partial charge in [0, 0.05) is 6.07 Å². The Morgan fingerprint density at radius 1 is 1.15 bits per heavy atom. The molecule has 0 radical (unpaired) electrons. The summed E-state index contributed by atoms with van der Waals surface area (Å²) in [6.45, 7) is 2.11. The first-order chi connectivity index (χ1) is 9.50. The first-order valence-corrected chi connectivity index (χ1v) is 8.16. The van der Waals surface area contributed by atoms with Crippen molar-refractivity contribution in [3.63, 3.8) is 0 Å². The number of unbranched alkanes of at least 4 members (excludes halogenated alkanes) is 2. The van der Waals surface area contributed by atoms with E-state index in [0.717, 1.165) is 24.8 Å². The second kappa shape index (κ2) is 7.50. The summed E-state index contributed by atoms with van der Waals surface area (Å²) in [5.74, 6) is 0.911. The molecule has 1 aromatic rings. The highest BCUT2D eigenvalue weighted by atomic mass is 32.2. The number of ether oxygens (including phenoxy) is 2. The number of rotatable bonds is 8. The summed E-state index contributed by atoms with van der Waals surface area (Å²) in [5, 5.41) is 0. The molecule has 0 aliphatic rings. The van der Waals surface area contributed by atoms with E-state index in [9.17, 15) is 8.42 Å². The summed E-state index contributed by atoms with van der Waals surface area (Å²) in [6.07, 6.45) is 3.74. The molecule has 0 atom stereocenters. The number of aryl methyl sites for hydroxylation is 1. The predicted octanol–water partition coefficient (Wildman–Crippen LogP) is 2.34. The zero-order chi connectivity index (χ0) is 15.2. The highest BCUT2D eigenvalue weighted by Crippen LogP contribution is 2.33. The van der Waals surface area contributed by atoms with E-state index in [-0.39, 0.29) is 4.90 Å². The van der Waals surface area contributed by atoms with Gasteiger partial charge in [-0.15, -0.1) is 0 Å². The minimum absolute atomic E-state index is 0.208. The Kier molecular flexibility index (Phi) is 6.29. The highest BCUT2D eigenvalue weighted by Gasteiger charge is 2.23. The van der Waals surface area contributed by atoms with E-state index in [0.29, 0.717) is 17.9 Å². The highest BCUT2D eigenvalue weighted by molar-refractivity contribution is 7.89. The summed E-state index contributed by atoms with van der Waals surface area (Å²) in [5.41, 5.74) is 0.726. The molecule has 0 heterocycles. The van der Waals surface area contributed by atoms with Gasteiger partial charge in [-0.3, -0.25) is 0 Å². The van der Waals surface area contributed by atoms with Gasteiger partial charge < -0.3 is 9.47 Å². The van der Waals surface area contributed by atoms with E-state index in [1.807, 2.05) is 0 Å². The largest absolute Gasteiger partial charge is 0.497 e. The molecule has 0 aliphatic carbocycles. The van der Waals surface area contributed by atoms with Crippen LogP contribution in [0.15, 0.2) is 17.0 Å². The Bertz CT molecular complexity index is 540. The fourth-order valence-electron chi connectivity index (χ4n) is 2.06. The van der Waals surface area contributed by atoms with Crippen molar-refractivity contribution in [2.75, 3.05) is 21.3 Å². The quantitative estimate of drug-likeness (QED) is 0.749. The molecule has 0 spiro atoms. The molecule has 20 heavy (non-hydrogen) atoms. The molecule has 0 aliphatic heterocycles. The molecule has 0 saturated heterocycles. The Hall–Kier alpha value is -1.27. The van der Waals surface area contributed by atoms with Gasteiger partial charge >= 0.3 is 0 Å². The van der Waals surface area contributed by atoms with Gasteiger partial charge in [0.2, 0.25) is 10.0 Å². The summed E-state index contributed by atoms with van der Waals surface area (Å²) in [4.78, 5) is 0.208. The minimum Gasteiger partial charge on any atom is -0.497 e. The lowest BCUT2D eigenvalue weighted by Gasteiger charge is -2.15. The van der Waals surface area contributed by atoms with Gasteiger partial charge in [0.05, 0.1) is 14.2 Å². The van der Waals surface area contributed by atoms with E-state index in [2.05, 4.69) is 11.6 Å². The summed E-state index contributed by atoms with van der Waals surface area (Å²) in [7, 11) is 0.843. The molecule has 1 N–H and O–H groups in total. The van der Waals surface area contributed by atoms with E-state index in [1.54, 1.807) is 19.2 Å². The van der Waals surface area contributed by atoms with Crippen molar-refractivity contribution < 1.29 is 17.9 Å². The molecule has 1 rings (SSSR count). The normalized spacial score (nSPS) is 11.4. The average Bonchev–Trinajstić information content (AvgIpc) is 2.46. The van der Waals surface area contributed by atoms with E-state index in [4.69, 9.17) is 9.47 Å². The van der Waals surface area contributed by atoms with E-state index >= 15 is 0 Å². The zero-order valence-electron chi connectivity index (χ0n) is 12.5. The average molecular weight is 301 g/mol. The van der Waals surface area contributed by atoms with Crippen LogP contribution in [0.3, 0.4) is 0 Å². The van der Waals surface area contributed by atoms with E-state index in [1.165, 1.54) is 14.2 Å². The van der Waals surface area contributed by atoms with Crippen LogP contribution in [0.5, 0.6) is 11.5 Å². The van der Waals surface area contributed by atoms with Gasteiger partial charge in [-0.25, -0.2) is 13.1 Å². The van der Waals surface area contributed by atoms with Gasteiger partial charge in [-0.1, -0.05) is 19.8 Å². The van der Waals surface area contributed by atoms with Gasteiger partial charge in [0.1, 0.15) is 16.4 Å². The molecule has 0 bridgehead atoms. The second-order valence-electron chi connectivity index (χ2n) is 4.48.